The number of hydrogen-bond acceptors (Lipinski definition) is 5. The van der Waals surface area contributed by atoms with Gasteiger partial charge in [-0.05, 0) is 17.4 Å². The van der Waals surface area contributed by atoms with Crippen molar-refractivity contribution in [3.63, 3.8) is 0 Å². The standard InChI is InChI=1S/C15H17N3O3/c19-15(21-12-2-5-20-6-3-12)18-14-8-10-1-4-16-13(10)7-11(14)9-17-18/h1,7-9,12,16-17H,2-6H2. The van der Waals surface area contributed by atoms with Crippen LogP contribution in [0.5, 0.6) is 0 Å². The predicted molar refractivity (Wildman–Crippen MR) is 79.0 cm³/mol. The van der Waals surface area contributed by atoms with Gasteiger partial charge in [-0.2, -0.15) is 5.01 Å². The van der Waals surface area contributed by atoms with Gasteiger partial charge in [0.05, 0.1) is 18.9 Å². The van der Waals surface area contributed by atoms with Crippen molar-refractivity contribution in [1.29, 1.82) is 0 Å². The molecule has 4 rings (SSSR count). The Morgan fingerprint density at radius 1 is 1.29 bits per heavy atom. The Morgan fingerprint density at radius 2 is 2.14 bits per heavy atom. The molecule has 3 aliphatic heterocycles. The second-order valence-electron chi connectivity index (χ2n) is 5.39. The molecule has 3 aliphatic rings. The lowest BCUT2D eigenvalue weighted by atomic mass is 10.2. The van der Waals surface area contributed by atoms with Crippen LogP contribution < -0.4 is 26.2 Å². The van der Waals surface area contributed by atoms with Gasteiger partial charge < -0.3 is 14.8 Å². The number of benzene rings is 1. The Morgan fingerprint density at radius 3 is 3.00 bits per heavy atom. The molecule has 0 spiro atoms. The van der Waals surface area contributed by atoms with Gasteiger partial charge in [-0.25, -0.2) is 4.79 Å². The summed E-state index contributed by atoms with van der Waals surface area (Å²) in [5, 5.41) is 6.86. The molecule has 0 aliphatic carbocycles. The lowest BCUT2D eigenvalue weighted by Gasteiger charge is -2.25. The molecule has 6 nitrogen and oxygen atoms in total. The van der Waals surface area contributed by atoms with Crippen molar-refractivity contribution in [3.05, 3.63) is 22.6 Å². The van der Waals surface area contributed by atoms with Gasteiger partial charge in [-0.1, -0.05) is 6.08 Å². The highest BCUT2D eigenvalue weighted by atomic mass is 16.6. The van der Waals surface area contributed by atoms with Crippen molar-refractivity contribution in [2.24, 2.45) is 0 Å². The van der Waals surface area contributed by atoms with Gasteiger partial charge >= 0.3 is 6.09 Å². The van der Waals surface area contributed by atoms with Crippen molar-refractivity contribution in [2.75, 3.05) is 30.1 Å². The lowest BCUT2D eigenvalue weighted by Crippen LogP contribution is -2.41. The topological polar surface area (TPSA) is 62.8 Å². The van der Waals surface area contributed by atoms with Crippen LogP contribution >= 0.6 is 0 Å². The molecule has 6 heteroatoms. The number of nitrogens with one attached hydrogen (secondary N) is 2. The van der Waals surface area contributed by atoms with Crippen molar-refractivity contribution in [1.82, 2.24) is 5.43 Å². The number of nitrogens with zero attached hydrogens (tertiary/aromatic N) is 1. The Hall–Kier alpha value is -2.21. The van der Waals surface area contributed by atoms with Crippen LogP contribution in [0, 0.1) is 0 Å². The number of anilines is 2. The number of carbonyl (C=O) groups is 1. The average Bonchev–Trinajstić information content (AvgIpc) is 3.11. The molecule has 0 atom stereocenters. The normalized spacial score (nSPS) is 19.7. The first kappa shape index (κ1) is 12.5. The van der Waals surface area contributed by atoms with Gasteiger partial charge in [0.2, 0.25) is 0 Å². The zero-order chi connectivity index (χ0) is 14.2. The predicted octanol–water partition coefficient (Wildman–Crippen LogP) is 0.271. The highest BCUT2D eigenvalue weighted by molar-refractivity contribution is 5.90. The minimum atomic E-state index is -0.359. The Labute approximate surface area is 122 Å². The zero-order valence-electron chi connectivity index (χ0n) is 11.6. The van der Waals surface area contributed by atoms with Crippen LogP contribution in [0.15, 0.2) is 12.1 Å². The second kappa shape index (κ2) is 4.96. The van der Waals surface area contributed by atoms with Crippen LogP contribution in [0.25, 0.3) is 12.3 Å². The summed E-state index contributed by atoms with van der Waals surface area (Å²) in [6.45, 7) is 2.14. The fourth-order valence-corrected chi connectivity index (χ4v) is 2.87. The largest absolute Gasteiger partial charge is 0.444 e. The van der Waals surface area contributed by atoms with E-state index in [1.807, 2.05) is 18.3 Å². The number of ether oxygens (including phenoxy) is 2. The molecule has 2 N–H and O–H groups in total. The SMILES string of the molecule is O=C(OC1CCOCC1)N1NC=c2cc3c(cc21)=CCN3. The second-order valence-corrected chi connectivity index (χ2v) is 5.39. The van der Waals surface area contributed by atoms with Crippen LogP contribution in [0.3, 0.4) is 0 Å². The average molecular weight is 287 g/mol. The first-order chi connectivity index (χ1) is 10.3. The molecule has 21 heavy (non-hydrogen) atoms. The molecule has 110 valence electrons. The van der Waals surface area contributed by atoms with Gasteiger partial charge in [0.1, 0.15) is 6.10 Å². The van der Waals surface area contributed by atoms with Crippen LogP contribution in [0.1, 0.15) is 12.8 Å². The highest BCUT2D eigenvalue weighted by Gasteiger charge is 2.26. The smallest absolute Gasteiger partial charge is 0.433 e. The third kappa shape index (κ3) is 2.21. The van der Waals surface area contributed by atoms with Crippen LogP contribution in [0.4, 0.5) is 16.2 Å². The molecule has 1 aromatic rings. The van der Waals surface area contributed by atoms with Crippen molar-refractivity contribution in [3.8, 4) is 0 Å². The summed E-state index contributed by atoms with van der Waals surface area (Å²) in [5.74, 6) is 0. The van der Waals surface area contributed by atoms with Gasteiger partial charge in [0.15, 0.2) is 0 Å². The van der Waals surface area contributed by atoms with E-state index < -0.39 is 0 Å². The number of fused-ring (bicyclic) bond motifs is 2. The zero-order valence-corrected chi connectivity index (χ0v) is 11.6. The number of hydrogen-bond donors (Lipinski definition) is 2. The lowest BCUT2D eigenvalue weighted by molar-refractivity contribution is 0.00347. The van der Waals surface area contributed by atoms with E-state index in [-0.39, 0.29) is 12.2 Å². The minimum absolute atomic E-state index is 0.0558. The van der Waals surface area contributed by atoms with Crippen LogP contribution in [-0.2, 0) is 9.47 Å². The summed E-state index contributed by atoms with van der Waals surface area (Å²) in [7, 11) is 0. The van der Waals surface area contributed by atoms with Gasteiger partial charge in [0, 0.05) is 36.5 Å². The van der Waals surface area contributed by atoms with E-state index in [0.29, 0.717) is 13.2 Å². The summed E-state index contributed by atoms with van der Waals surface area (Å²) in [6.07, 6.45) is 5.04. The Bertz CT molecular complexity index is 695. The van der Waals surface area contributed by atoms with E-state index in [4.69, 9.17) is 9.47 Å². The number of rotatable bonds is 1. The molecule has 0 saturated carbocycles. The maximum absolute atomic E-state index is 12.3. The molecule has 1 amide bonds. The van der Waals surface area contributed by atoms with Gasteiger partial charge in [-0.3, -0.25) is 5.43 Å². The third-order valence-corrected chi connectivity index (χ3v) is 4.02. The van der Waals surface area contributed by atoms with Crippen molar-refractivity contribution < 1.29 is 14.3 Å². The molecular weight excluding hydrogens is 270 g/mol. The van der Waals surface area contributed by atoms with Crippen molar-refractivity contribution >= 4 is 29.7 Å². The first-order valence-electron chi connectivity index (χ1n) is 7.24. The summed E-state index contributed by atoms with van der Waals surface area (Å²) < 4.78 is 10.8. The fourth-order valence-electron chi connectivity index (χ4n) is 2.87. The fraction of sp³-hybridized carbons (Fsp3) is 0.400. The molecule has 0 unspecified atom stereocenters. The number of amides is 1. The minimum Gasteiger partial charge on any atom is -0.444 e. The van der Waals surface area contributed by atoms with E-state index in [2.05, 4.69) is 16.8 Å². The highest BCUT2D eigenvalue weighted by Crippen LogP contribution is 2.17. The number of carbonyl (C=O) groups excluding carboxylic acids is 1. The molecule has 0 aromatic heterocycles. The third-order valence-electron chi connectivity index (χ3n) is 4.02. The van der Waals surface area contributed by atoms with Crippen LogP contribution in [-0.4, -0.2) is 32.0 Å². The van der Waals surface area contributed by atoms with E-state index >= 15 is 0 Å². The summed E-state index contributed by atoms with van der Waals surface area (Å²) in [6, 6.07) is 4.05. The molecule has 1 saturated heterocycles. The number of hydrazine groups is 1. The Balaban J connectivity index is 1.55. The Kier molecular flexibility index (Phi) is 2.96. The van der Waals surface area contributed by atoms with Crippen LogP contribution in [0.2, 0.25) is 0 Å². The van der Waals surface area contributed by atoms with Gasteiger partial charge in [0.25, 0.3) is 0 Å². The molecule has 0 radical (unpaired) electrons. The summed E-state index contributed by atoms with van der Waals surface area (Å²) in [5.41, 5.74) is 4.92. The molecule has 0 bridgehead atoms. The molecular formula is C15H17N3O3. The monoisotopic (exact) mass is 287 g/mol. The van der Waals surface area contributed by atoms with E-state index in [1.54, 1.807) is 0 Å². The molecule has 3 heterocycles. The van der Waals surface area contributed by atoms with Crippen molar-refractivity contribution in [2.45, 2.75) is 18.9 Å². The molecule has 1 fully saturated rings. The summed E-state index contributed by atoms with van der Waals surface area (Å²) >= 11 is 0. The van der Waals surface area contributed by atoms with E-state index in [1.165, 1.54) is 5.01 Å². The molecule has 1 aromatic carbocycles. The first-order valence-corrected chi connectivity index (χ1v) is 7.24. The quantitative estimate of drug-likeness (QED) is 0.776. The maximum Gasteiger partial charge on any atom is 0.433 e. The summed E-state index contributed by atoms with van der Waals surface area (Å²) in [4.78, 5) is 12.3. The van der Waals surface area contributed by atoms with Gasteiger partial charge in [-0.15, -0.1) is 0 Å². The van der Waals surface area contributed by atoms with E-state index in [0.717, 1.165) is 41.2 Å². The van der Waals surface area contributed by atoms with E-state index in [9.17, 15) is 4.79 Å². The maximum atomic E-state index is 12.3.